The van der Waals surface area contributed by atoms with Crippen molar-refractivity contribution < 1.29 is 0 Å². The van der Waals surface area contributed by atoms with Crippen LogP contribution in [0.4, 0.5) is 0 Å². The number of hydrogen-bond donors (Lipinski definition) is 0. The van der Waals surface area contributed by atoms with Crippen LogP contribution in [0.5, 0.6) is 0 Å². The summed E-state index contributed by atoms with van der Waals surface area (Å²) in [7, 11) is 0. The fourth-order valence-corrected chi connectivity index (χ4v) is 1.45. The van der Waals surface area contributed by atoms with E-state index in [1.165, 1.54) is 17.5 Å². The molecule has 0 bridgehead atoms. The summed E-state index contributed by atoms with van der Waals surface area (Å²) in [6.45, 7) is 10.6. The van der Waals surface area contributed by atoms with E-state index in [-0.39, 0.29) is 0 Å². The molecule has 76 valence electrons. The van der Waals surface area contributed by atoms with Crippen LogP contribution >= 0.6 is 0 Å². The lowest BCUT2D eigenvalue weighted by Crippen LogP contribution is -2.13. The van der Waals surface area contributed by atoms with Crippen molar-refractivity contribution in [1.82, 2.24) is 0 Å². The fraction of sp³-hybridized carbons (Fsp3) is 0.429. The van der Waals surface area contributed by atoms with Gasteiger partial charge in [0, 0.05) is 0 Å². The molecule has 0 fully saturated rings. The van der Waals surface area contributed by atoms with Gasteiger partial charge in [-0.3, -0.25) is 0 Å². The number of benzene rings is 1. The van der Waals surface area contributed by atoms with Gasteiger partial charge in [0.2, 0.25) is 0 Å². The monoisotopic (exact) mass is 188 g/mol. The van der Waals surface area contributed by atoms with Gasteiger partial charge in [0.15, 0.2) is 0 Å². The molecule has 0 saturated carbocycles. The molecule has 0 radical (unpaired) electrons. The molecule has 14 heavy (non-hydrogen) atoms. The maximum atomic E-state index is 3.75. The largest absolute Gasteiger partial charge is 0.0985 e. The molecule has 1 aromatic carbocycles. The first-order valence-corrected chi connectivity index (χ1v) is 5.29. The van der Waals surface area contributed by atoms with Gasteiger partial charge in [0.05, 0.1) is 0 Å². The molecule has 0 nitrogen and oxygen atoms in total. The molecule has 0 atom stereocenters. The van der Waals surface area contributed by atoms with E-state index in [0.717, 1.165) is 6.42 Å². The summed E-state index contributed by atoms with van der Waals surface area (Å²) in [4.78, 5) is 0. The topological polar surface area (TPSA) is 0 Å². The van der Waals surface area contributed by atoms with Crippen LogP contribution in [0.2, 0.25) is 0 Å². The van der Waals surface area contributed by atoms with Crippen molar-refractivity contribution in [2.24, 2.45) is 5.41 Å². The lowest BCUT2D eigenvalue weighted by molar-refractivity contribution is 0.349. The third-order valence-corrected chi connectivity index (χ3v) is 2.86. The third-order valence-electron chi connectivity index (χ3n) is 2.86. The Morgan fingerprint density at radius 1 is 1.21 bits per heavy atom. The summed E-state index contributed by atoms with van der Waals surface area (Å²) < 4.78 is 0. The lowest BCUT2D eigenvalue weighted by atomic mass is 9.83. The molecule has 0 spiro atoms. The normalized spacial score (nSPS) is 11.4. The minimum Gasteiger partial charge on any atom is -0.0985 e. The Bertz CT molecular complexity index is 290. The Kier molecular flexibility index (Phi) is 3.51. The van der Waals surface area contributed by atoms with Gasteiger partial charge in [-0.2, -0.15) is 0 Å². The smallest absolute Gasteiger partial charge is 0.0227 e. The van der Waals surface area contributed by atoms with Gasteiger partial charge in [-0.15, -0.1) is 0 Å². The van der Waals surface area contributed by atoms with Crippen LogP contribution < -0.4 is 0 Å². The van der Waals surface area contributed by atoms with Gasteiger partial charge in [0.25, 0.3) is 0 Å². The van der Waals surface area contributed by atoms with E-state index in [2.05, 4.69) is 51.6 Å². The Balaban J connectivity index is 2.73. The lowest BCUT2D eigenvalue weighted by Gasteiger charge is -2.22. The van der Waals surface area contributed by atoms with E-state index in [9.17, 15) is 0 Å². The second-order valence-electron chi connectivity index (χ2n) is 4.64. The first-order chi connectivity index (χ1) is 6.57. The minimum atomic E-state index is 0.412. The summed E-state index contributed by atoms with van der Waals surface area (Å²) in [5.41, 5.74) is 3.03. The van der Waals surface area contributed by atoms with Gasteiger partial charge >= 0.3 is 0 Å². The molecule has 0 heterocycles. The molecule has 0 aromatic heterocycles. The van der Waals surface area contributed by atoms with Crippen LogP contribution in [0, 0.1) is 5.41 Å². The number of rotatable bonds is 4. The van der Waals surface area contributed by atoms with Crippen LogP contribution in [-0.2, 0) is 6.42 Å². The summed E-state index contributed by atoms with van der Waals surface area (Å²) in [5, 5.41) is 0. The molecule has 0 heteroatoms. The molecule has 1 rings (SSSR count). The Morgan fingerprint density at radius 3 is 2.21 bits per heavy atom. The second-order valence-corrected chi connectivity index (χ2v) is 4.64. The van der Waals surface area contributed by atoms with E-state index in [1.807, 2.05) is 6.08 Å². The van der Waals surface area contributed by atoms with E-state index < -0.39 is 0 Å². The second kappa shape index (κ2) is 4.45. The molecule has 0 aliphatic rings. The van der Waals surface area contributed by atoms with E-state index in [1.54, 1.807) is 0 Å². The third kappa shape index (κ3) is 3.02. The molecule has 0 aliphatic carbocycles. The highest BCUT2D eigenvalue weighted by Gasteiger charge is 2.15. The molecule has 0 saturated heterocycles. The molecular weight excluding hydrogens is 168 g/mol. The molecule has 0 amide bonds. The summed E-state index contributed by atoms with van der Waals surface area (Å²) in [6.07, 6.45) is 4.26. The average Bonchev–Trinajstić information content (AvgIpc) is 2.19. The first-order valence-electron chi connectivity index (χ1n) is 5.29. The highest BCUT2D eigenvalue weighted by Crippen LogP contribution is 2.25. The van der Waals surface area contributed by atoms with Crippen LogP contribution in [0.25, 0.3) is 6.08 Å². The van der Waals surface area contributed by atoms with Crippen molar-refractivity contribution >= 4 is 6.08 Å². The summed E-state index contributed by atoms with van der Waals surface area (Å²) >= 11 is 0. The highest BCUT2D eigenvalue weighted by atomic mass is 14.2. The van der Waals surface area contributed by atoms with Crippen molar-refractivity contribution in [3.63, 3.8) is 0 Å². The predicted octanol–water partition coefficient (Wildman–Crippen LogP) is 4.31. The van der Waals surface area contributed by atoms with Crippen LogP contribution in [0.3, 0.4) is 0 Å². The minimum absolute atomic E-state index is 0.412. The van der Waals surface area contributed by atoms with E-state index in [0.29, 0.717) is 5.41 Å². The van der Waals surface area contributed by atoms with Crippen molar-refractivity contribution in [2.75, 3.05) is 0 Å². The Morgan fingerprint density at radius 2 is 1.79 bits per heavy atom. The van der Waals surface area contributed by atoms with E-state index >= 15 is 0 Å². The van der Waals surface area contributed by atoms with Crippen molar-refractivity contribution in [1.29, 1.82) is 0 Å². The number of hydrogen-bond acceptors (Lipinski definition) is 0. The standard InChI is InChI=1S/C14H20/c1-5-12-7-9-13(10-8-12)11-14(3,4)6-2/h5,7-10H,1,6,11H2,2-4H3. The van der Waals surface area contributed by atoms with Gasteiger partial charge in [-0.1, -0.05) is 64.1 Å². The maximum absolute atomic E-state index is 3.75. The summed E-state index contributed by atoms with van der Waals surface area (Å²) in [5.74, 6) is 0. The zero-order valence-electron chi connectivity index (χ0n) is 9.51. The zero-order chi connectivity index (χ0) is 10.6. The molecular formula is C14H20. The van der Waals surface area contributed by atoms with Gasteiger partial charge in [-0.25, -0.2) is 0 Å². The van der Waals surface area contributed by atoms with Crippen molar-refractivity contribution in [2.45, 2.75) is 33.6 Å². The van der Waals surface area contributed by atoms with E-state index in [4.69, 9.17) is 0 Å². The highest BCUT2D eigenvalue weighted by molar-refractivity contribution is 5.47. The van der Waals surface area contributed by atoms with Gasteiger partial charge in [0.1, 0.15) is 0 Å². The maximum Gasteiger partial charge on any atom is -0.0227 e. The quantitative estimate of drug-likeness (QED) is 0.660. The van der Waals surface area contributed by atoms with Gasteiger partial charge in [-0.05, 0) is 23.0 Å². The molecule has 0 N–H and O–H groups in total. The molecule has 1 aromatic rings. The SMILES string of the molecule is C=Cc1ccc(CC(C)(C)CC)cc1. The molecule has 0 unspecified atom stereocenters. The Hall–Kier alpha value is -1.04. The predicted molar refractivity (Wildman–Crippen MR) is 64.3 cm³/mol. The van der Waals surface area contributed by atoms with Crippen molar-refractivity contribution in [3.05, 3.63) is 42.0 Å². The first kappa shape index (κ1) is 11.0. The summed E-state index contributed by atoms with van der Waals surface area (Å²) in [6, 6.07) is 8.67. The fourth-order valence-electron chi connectivity index (χ4n) is 1.45. The van der Waals surface area contributed by atoms with Gasteiger partial charge < -0.3 is 0 Å². The molecule has 0 aliphatic heterocycles. The zero-order valence-corrected chi connectivity index (χ0v) is 9.51. The van der Waals surface area contributed by atoms with Crippen LogP contribution in [0.15, 0.2) is 30.8 Å². The average molecular weight is 188 g/mol. The van der Waals surface area contributed by atoms with Crippen LogP contribution in [-0.4, -0.2) is 0 Å². The Labute approximate surface area is 87.7 Å². The van der Waals surface area contributed by atoms with Crippen LogP contribution in [0.1, 0.15) is 38.3 Å². The van der Waals surface area contributed by atoms with Crippen molar-refractivity contribution in [3.8, 4) is 0 Å².